The van der Waals surface area contributed by atoms with E-state index in [1.807, 2.05) is 9.80 Å². The largest absolute Gasteiger partial charge is 0.342 e. The van der Waals surface area contributed by atoms with Gasteiger partial charge in [-0.1, -0.05) is 0 Å². The van der Waals surface area contributed by atoms with Gasteiger partial charge in [-0.3, -0.25) is 14.4 Å². The molecule has 3 fully saturated rings. The first-order valence-corrected chi connectivity index (χ1v) is 10.7. The molecule has 0 aromatic heterocycles. The molecule has 1 atom stereocenters. The van der Waals surface area contributed by atoms with Crippen molar-refractivity contribution in [3.63, 3.8) is 0 Å². The molecule has 0 bridgehead atoms. The fraction of sp³-hybridized carbons (Fsp3) is 0.591. The second-order valence-electron chi connectivity index (χ2n) is 8.34. The average molecular weight is 401 g/mol. The van der Waals surface area contributed by atoms with Crippen molar-refractivity contribution in [2.24, 2.45) is 5.92 Å². The fourth-order valence-electron chi connectivity index (χ4n) is 4.85. The molecule has 4 rings (SSSR count). The van der Waals surface area contributed by atoms with Crippen LogP contribution in [0.2, 0.25) is 0 Å². The highest BCUT2D eigenvalue weighted by molar-refractivity contribution is 5.94. The normalized spacial score (nSPS) is 23.6. The Hall–Kier alpha value is -2.44. The summed E-state index contributed by atoms with van der Waals surface area (Å²) in [6.07, 6.45) is 4.85. The van der Waals surface area contributed by atoms with Crippen LogP contribution < -0.4 is 0 Å². The summed E-state index contributed by atoms with van der Waals surface area (Å²) >= 11 is 0. The lowest BCUT2D eigenvalue weighted by molar-refractivity contribution is -0.139. The molecule has 0 N–H and O–H groups in total. The maximum absolute atomic E-state index is 13.1. The van der Waals surface area contributed by atoms with Gasteiger partial charge in [-0.2, -0.15) is 0 Å². The van der Waals surface area contributed by atoms with E-state index in [1.165, 1.54) is 24.3 Å². The van der Waals surface area contributed by atoms with Crippen molar-refractivity contribution < 1.29 is 18.8 Å². The van der Waals surface area contributed by atoms with Crippen molar-refractivity contribution in [2.45, 2.75) is 44.6 Å². The summed E-state index contributed by atoms with van der Waals surface area (Å²) in [5, 5.41) is 0. The zero-order valence-electron chi connectivity index (χ0n) is 16.7. The Morgan fingerprint density at radius 1 is 0.897 bits per heavy atom. The van der Waals surface area contributed by atoms with E-state index in [9.17, 15) is 18.8 Å². The number of carbonyl (C=O) groups is 3. The minimum atomic E-state index is -0.368. The Balaban J connectivity index is 1.32. The van der Waals surface area contributed by atoms with Gasteiger partial charge in [0.05, 0.1) is 5.92 Å². The Labute approximate surface area is 170 Å². The van der Waals surface area contributed by atoms with Gasteiger partial charge in [0.2, 0.25) is 11.8 Å². The van der Waals surface area contributed by atoms with Gasteiger partial charge in [-0.25, -0.2) is 4.39 Å². The predicted octanol–water partition coefficient (Wildman–Crippen LogP) is 2.29. The molecule has 156 valence electrons. The van der Waals surface area contributed by atoms with Crippen molar-refractivity contribution in [1.29, 1.82) is 0 Å². The Bertz CT molecular complexity index is 774. The molecule has 0 aliphatic carbocycles. The molecule has 1 aromatic carbocycles. The number of likely N-dealkylation sites (tertiary alicyclic amines) is 3. The summed E-state index contributed by atoms with van der Waals surface area (Å²) in [7, 11) is 0. The first-order chi connectivity index (χ1) is 14.0. The molecular formula is C22H28FN3O3. The molecular weight excluding hydrogens is 373 g/mol. The third kappa shape index (κ3) is 4.28. The third-order valence-electron chi connectivity index (χ3n) is 6.48. The van der Waals surface area contributed by atoms with Crippen LogP contribution in [-0.4, -0.2) is 71.2 Å². The SMILES string of the molecule is O=C(c1ccc(F)cc1)N1CCCC(C(=O)N2CCC(N3CCCC3=O)CC2)C1. The van der Waals surface area contributed by atoms with Crippen molar-refractivity contribution in [3.05, 3.63) is 35.6 Å². The highest BCUT2D eigenvalue weighted by Crippen LogP contribution is 2.26. The monoisotopic (exact) mass is 401 g/mol. The van der Waals surface area contributed by atoms with E-state index in [2.05, 4.69) is 0 Å². The van der Waals surface area contributed by atoms with Gasteiger partial charge >= 0.3 is 0 Å². The molecule has 3 saturated heterocycles. The summed E-state index contributed by atoms with van der Waals surface area (Å²) in [5.74, 6) is -0.330. The zero-order chi connectivity index (χ0) is 20.4. The van der Waals surface area contributed by atoms with Crippen LogP contribution in [-0.2, 0) is 9.59 Å². The average Bonchev–Trinajstić information content (AvgIpc) is 3.19. The number of hydrogen-bond donors (Lipinski definition) is 0. The van der Waals surface area contributed by atoms with E-state index in [0.717, 1.165) is 38.6 Å². The van der Waals surface area contributed by atoms with Crippen LogP contribution in [0.15, 0.2) is 24.3 Å². The number of piperidine rings is 2. The number of hydrogen-bond acceptors (Lipinski definition) is 3. The molecule has 0 radical (unpaired) electrons. The maximum atomic E-state index is 13.1. The van der Waals surface area contributed by atoms with Gasteiger partial charge in [-0.05, 0) is 56.4 Å². The van der Waals surface area contributed by atoms with Crippen LogP contribution in [0.25, 0.3) is 0 Å². The highest BCUT2D eigenvalue weighted by atomic mass is 19.1. The molecule has 7 heteroatoms. The minimum Gasteiger partial charge on any atom is -0.342 e. The molecule has 3 amide bonds. The smallest absolute Gasteiger partial charge is 0.253 e. The molecule has 0 saturated carbocycles. The molecule has 1 aromatic rings. The van der Waals surface area contributed by atoms with Gasteiger partial charge in [0.25, 0.3) is 5.91 Å². The van der Waals surface area contributed by atoms with Crippen LogP contribution in [0.1, 0.15) is 48.9 Å². The first kappa shape index (κ1) is 19.9. The lowest BCUT2D eigenvalue weighted by Crippen LogP contribution is -2.51. The zero-order valence-corrected chi connectivity index (χ0v) is 16.7. The summed E-state index contributed by atoms with van der Waals surface area (Å²) in [6, 6.07) is 5.82. The molecule has 6 nitrogen and oxygen atoms in total. The van der Waals surface area contributed by atoms with Gasteiger partial charge in [0, 0.05) is 50.7 Å². The van der Waals surface area contributed by atoms with Crippen molar-refractivity contribution >= 4 is 17.7 Å². The van der Waals surface area contributed by atoms with E-state index in [0.29, 0.717) is 38.2 Å². The molecule has 3 aliphatic rings. The second kappa shape index (κ2) is 8.51. The van der Waals surface area contributed by atoms with Gasteiger partial charge in [0.1, 0.15) is 5.82 Å². The first-order valence-electron chi connectivity index (χ1n) is 10.7. The topological polar surface area (TPSA) is 60.9 Å². The maximum Gasteiger partial charge on any atom is 0.253 e. The molecule has 3 aliphatic heterocycles. The molecule has 1 unspecified atom stereocenters. The second-order valence-corrected chi connectivity index (χ2v) is 8.34. The van der Waals surface area contributed by atoms with Crippen LogP contribution in [0, 0.1) is 11.7 Å². The number of nitrogens with zero attached hydrogens (tertiary/aromatic N) is 3. The quantitative estimate of drug-likeness (QED) is 0.781. The standard InChI is InChI=1S/C22H28FN3O3/c23-18-7-5-16(6-8-18)21(28)25-11-1-3-17(15-25)22(29)24-13-9-19(10-14-24)26-12-2-4-20(26)27/h5-8,17,19H,1-4,9-15H2. The van der Waals surface area contributed by atoms with E-state index in [1.54, 1.807) is 4.90 Å². The van der Waals surface area contributed by atoms with Gasteiger partial charge in [-0.15, -0.1) is 0 Å². The highest BCUT2D eigenvalue weighted by Gasteiger charge is 2.35. The summed E-state index contributed by atoms with van der Waals surface area (Å²) < 4.78 is 13.1. The molecule has 29 heavy (non-hydrogen) atoms. The summed E-state index contributed by atoms with van der Waals surface area (Å²) in [4.78, 5) is 43.3. The van der Waals surface area contributed by atoms with Crippen molar-refractivity contribution in [3.8, 4) is 0 Å². The Morgan fingerprint density at radius 2 is 1.62 bits per heavy atom. The lowest BCUT2D eigenvalue weighted by Gasteiger charge is -2.40. The van der Waals surface area contributed by atoms with Crippen LogP contribution in [0.4, 0.5) is 4.39 Å². The van der Waals surface area contributed by atoms with Crippen LogP contribution in [0.3, 0.4) is 0 Å². The number of carbonyl (C=O) groups excluding carboxylic acids is 3. The van der Waals surface area contributed by atoms with Crippen LogP contribution in [0.5, 0.6) is 0 Å². The van der Waals surface area contributed by atoms with E-state index < -0.39 is 0 Å². The van der Waals surface area contributed by atoms with E-state index in [4.69, 9.17) is 0 Å². The van der Waals surface area contributed by atoms with Crippen molar-refractivity contribution in [2.75, 3.05) is 32.7 Å². The number of benzene rings is 1. The number of rotatable bonds is 3. The lowest BCUT2D eigenvalue weighted by atomic mass is 9.94. The third-order valence-corrected chi connectivity index (χ3v) is 6.48. The minimum absolute atomic E-state index is 0.118. The molecule has 3 heterocycles. The number of halogens is 1. The number of amides is 3. The fourth-order valence-corrected chi connectivity index (χ4v) is 4.85. The molecule has 0 spiro atoms. The predicted molar refractivity (Wildman–Crippen MR) is 106 cm³/mol. The van der Waals surface area contributed by atoms with Gasteiger partial charge in [0.15, 0.2) is 0 Å². The van der Waals surface area contributed by atoms with E-state index >= 15 is 0 Å². The van der Waals surface area contributed by atoms with Gasteiger partial charge < -0.3 is 14.7 Å². The van der Waals surface area contributed by atoms with E-state index in [-0.39, 0.29) is 35.5 Å². The summed E-state index contributed by atoms with van der Waals surface area (Å²) in [6.45, 7) is 3.24. The Kier molecular flexibility index (Phi) is 5.83. The van der Waals surface area contributed by atoms with Crippen LogP contribution >= 0.6 is 0 Å². The van der Waals surface area contributed by atoms with Crippen molar-refractivity contribution in [1.82, 2.24) is 14.7 Å². The summed E-state index contributed by atoms with van der Waals surface area (Å²) in [5.41, 5.74) is 0.454. The Morgan fingerprint density at radius 3 is 2.28 bits per heavy atom.